The largest absolute Gasteiger partial charge is 0.396 e. The summed E-state index contributed by atoms with van der Waals surface area (Å²) in [7, 11) is -0.358. The minimum Gasteiger partial charge on any atom is -0.396 e. The summed E-state index contributed by atoms with van der Waals surface area (Å²) < 4.78 is 26.8. The van der Waals surface area contributed by atoms with Gasteiger partial charge in [0.1, 0.15) is 0 Å². The van der Waals surface area contributed by atoms with Crippen LogP contribution in [0.15, 0.2) is 24.5 Å². The quantitative estimate of drug-likeness (QED) is 0.737. The zero-order chi connectivity index (χ0) is 14.3. The van der Waals surface area contributed by atoms with E-state index in [1.807, 2.05) is 12.1 Å². The highest BCUT2D eigenvalue weighted by molar-refractivity contribution is 7.86. The molecule has 0 saturated heterocycles. The third-order valence-electron chi connectivity index (χ3n) is 2.88. The second-order valence-corrected chi connectivity index (χ2v) is 6.48. The first-order valence-corrected chi connectivity index (χ1v) is 7.55. The Labute approximate surface area is 114 Å². The molecule has 6 nitrogen and oxygen atoms in total. The van der Waals surface area contributed by atoms with Gasteiger partial charge in [-0.3, -0.25) is 4.98 Å². The Bertz CT molecular complexity index is 464. The Morgan fingerprint density at radius 3 is 2.32 bits per heavy atom. The molecule has 0 amide bonds. The molecule has 0 aliphatic rings. The van der Waals surface area contributed by atoms with E-state index in [9.17, 15) is 8.42 Å². The molecule has 0 unspecified atom stereocenters. The Hall–Kier alpha value is -1.02. The molecule has 0 spiro atoms. The number of pyridine rings is 1. The standard InChI is InChI=1S/C12H21N3O3S/c1-14(9-3-11-16)19(17,18)15(2)10-6-12-4-7-13-8-5-12/h4-5,7-8,16H,3,6,9-11H2,1-2H3. The van der Waals surface area contributed by atoms with E-state index in [1.165, 1.54) is 15.7 Å². The van der Waals surface area contributed by atoms with Crippen molar-refractivity contribution in [3.05, 3.63) is 30.1 Å². The van der Waals surface area contributed by atoms with Crippen molar-refractivity contribution >= 4 is 10.2 Å². The molecule has 0 fully saturated rings. The average molecular weight is 287 g/mol. The Balaban J connectivity index is 2.54. The van der Waals surface area contributed by atoms with Gasteiger partial charge < -0.3 is 5.11 Å². The van der Waals surface area contributed by atoms with Crippen LogP contribution < -0.4 is 0 Å². The number of hydrogen-bond donors (Lipinski definition) is 1. The second-order valence-electron chi connectivity index (χ2n) is 4.33. The number of nitrogens with zero attached hydrogens (tertiary/aromatic N) is 3. The number of likely N-dealkylation sites (N-methyl/N-ethyl adjacent to an activating group) is 1. The maximum Gasteiger partial charge on any atom is 0.281 e. The summed E-state index contributed by atoms with van der Waals surface area (Å²) in [5.74, 6) is 0. The molecule has 1 heterocycles. The third-order valence-corrected chi connectivity index (χ3v) is 4.82. The zero-order valence-corrected chi connectivity index (χ0v) is 12.2. The van der Waals surface area contributed by atoms with Gasteiger partial charge in [-0.25, -0.2) is 0 Å². The van der Waals surface area contributed by atoms with E-state index in [0.29, 0.717) is 25.9 Å². The van der Waals surface area contributed by atoms with Crippen molar-refractivity contribution in [2.75, 3.05) is 33.8 Å². The number of rotatable bonds is 8. The van der Waals surface area contributed by atoms with Crippen molar-refractivity contribution in [3.8, 4) is 0 Å². The fraction of sp³-hybridized carbons (Fsp3) is 0.583. The second kappa shape index (κ2) is 7.54. The number of aliphatic hydroxyl groups excluding tert-OH is 1. The molecule has 0 atom stereocenters. The van der Waals surface area contributed by atoms with Gasteiger partial charge >= 0.3 is 0 Å². The molecule has 0 aliphatic heterocycles. The molecule has 0 saturated carbocycles. The summed E-state index contributed by atoms with van der Waals surface area (Å²) in [6.45, 7) is 0.717. The molecule has 1 aromatic heterocycles. The molecular weight excluding hydrogens is 266 g/mol. The van der Waals surface area contributed by atoms with E-state index in [-0.39, 0.29) is 6.61 Å². The maximum absolute atomic E-state index is 12.1. The molecule has 0 radical (unpaired) electrons. The molecule has 19 heavy (non-hydrogen) atoms. The number of hydrogen-bond acceptors (Lipinski definition) is 4. The molecule has 0 aromatic carbocycles. The molecule has 108 valence electrons. The highest BCUT2D eigenvalue weighted by Gasteiger charge is 2.22. The van der Waals surface area contributed by atoms with Crippen molar-refractivity contribution in [1.82, 2.24) is 13.6 Å². The number of aliphatic hydroxyl groups is 1. The first-order valence-electron chi connectivity index (χ1n) is 6.16. The molecule has 0 aliphatic carbocycles. The summed E-state index contributed by atoms with van der Waals surface area (Å²) in [6, 6.07) is 3.74. The Morgan fingerprint density at radius 1 is 1.16 bits per heavy atom. The van der Waals surface area contributed by atoms with Gasteiger partial charge in [0, 0.05) is 46.2 Å². The first-order chi connectivity index (χ1) is 8.98. The summed E-state index contributed by atoms with van der Waals surface area (Å²) in [4.78, 5) is 3.92. The maximum atomic E-state index is 12.1. The fourth-order valence-electron chi connectivity index (χ4n) is 1.60. The van der Waals surface area contributed by atoms with Gasteiger partial charge in [0.15, 0.2) is 0 Å². The van der Waals surface area contributed by atoms with Crippen LogP contribution in [0.5, 0.6) is 0 Å². The minimum absolute atomic E-state index is 0.0133. The van der Waals surface area contributed by atoms with Gasteiger partial charge in [-0.1, -0.05) is 0 Å². The van der Waals surface area contributed by atoms with E-state index >= 15 is 0 Å². The minimum atomic E-state index is -3.44. The van der Waals surface area contributed by atoms with E-state index in [0.717, 1.165) is 5.56 Å². The monoisotopic (exact) mass is 287 g/mol. The van der Waals surface area contributed by atoms with E-state index in [1.54, 1.807) is 19.4 Å². The van der Waals surface area contributed by atoms with Crippen molar-refractivity contribution in [2.45, 2.75) is 12.8 Å². The predicted molar refractivity (Wildman–Crippen MR) is 73.8 cm³/mol. The molecular formula is C12H21N3O3S. The normalized spacial score (nSPS) is 12.3. The van der Waals surface area contributed by atoms with Crippen molar-refractivity contribution in [1.29, 1.82) is 0 Å². The summed E-state index contributed by atoms with van der Waals surface area (Å²) >= 11 is 0. The van der Waals surface area contributed by atoms with Crippen LogP contribution >= 0.6 is 0 Å². The summed E-state index contributed by atoms with van der Waals surface area (Å²) in [5, 5.41) is 8.73. The van der Waals surface area contributed by atoms with Crippen molar-refractivity contribution in [3.63, 3.8) is 0 Å². The van der Waals surface area contributed by atoms with Crippen LogP contribution in [0, 0.1) is 0 Å². The average Bonchev–Trinajstić information content (AvgIpc) is 2.42. The van der Waals surface area contributed by atoms with Crippen LogP contribution in [0.2, 0.25) is 0 Å². The van der Waals surface area contributed by atoms with E-state index < -0.39 is 10.2 Å². The lowest BCUT2D eigenvalue weighted by Gasteiger charge is -2.24. The van der Waals surface area contributed by atoms with Crippen LogP contribution in [0.3, 0.4) is 0 Å². The lowest BCUT2D eigenvalue weighted by atomic mass is 10.2. The van der Waals surface area contributed by atoms with Gasteiger partial charge in [-0.2, -0.15) is 17.0 Å². The molecule has 0 bridgehead atoms. The first kappa shape index (κ1) is 16.0. The number of aromatic nitrogens is 1. The zero-order valence-electron chi connectivity index (χ0n) is 11.4. The highest BCUT2D eigenvalue weighted by Crippen LogP contribution is 2.07. The van der Waals surface area contributed by atoms with Crippen LogP contribution in [-0.4, -0.2) is 60.9 Å². The third kappa shape index (κ3) is 4.87. The van der Waals surface area contributed by atoms with Gasteiger partial charge in [0.25, 0.3) is 10.2 Å². The topological polar surface area (TPSA) is 73.7 Å². The van der Waals surface area contributed by atoms with Crippen LogP contribution in [0.4, 0.5) is 0 Å². The van der Waals surface area contributed by atoms with Crippen LogP contribution in [0.25, 0.3) is 0 Å². The lowest BCUT2D eigenvalue weighted by Crippen LogP contribution is -2.41. The smallest absolute Gasteiger partial charge is 0.281 e. The lowest BCUT2D eigenvalue weighted by molar-refractivity contribution is 0.272. The predicted octanol–water partition coefficient (Wildman–Crippen LogP) is 0.115. The summed E-state index contributed by atoms with van der Waals surface area (Å²) in [5.41, 5.74) is 1.05. The summed E-state index contributed by atoms with van der Waals surface area (Å²) in [6.07, 6.45) is 4.47. The van der Waals surface area contributed by atoms with E-state index in [2.05, 4.69) is 4.98 Å². The molecule has 7 heteroatoms. The van der Waals surface area contributed by atoms with Crippen molar-refractivity contribution in [2.24, 2.45) is 0 Å². The SMILES string of the molecule is CN(CCCO)S(=O)(=O)N(C)CCc1ccncc1. The molecule has 1 N–H and O–H groups in total. The van der Waals surface area contributed by atoms with Crippen molar-refractivity contribution < 1.29 is 13.5 Å². The molecule has 1 aromatic rings. The van der Waals surface area contributed by atoms with Crippen LogP contribution in [-0.2, 0) is 16.6 Å². The van der Waals surface area contributed by atoms with Gasteiger partial charge in [-0.15, -0.1) is 0 Å². The van der Waals surface area contributed by atoms with Gasteiger partial charge in [0.05, 0.1) is 0 Å². The Morgan fingerprint density at radius 2 is 1.74 bits per heavy atom. The van der Waals surface area contributed by atoms with Gasteiger partial charge in [0.2, 0.25) is 0 Å². The highest BCUT2D eigenvalue weighted by atomic mass is 32.2. The fourth-order valence-corrected chi connectivity index (χ4v) is 2.76. The molecule has 1 rings (SSSR count). The van der Waals surface area contributed by atoms with Gasteiger partial charge in [-0.05, 0) is 30.5 Å². The van der Waals surface area contributed by atoms with E-state index in [4.69, 9.17) is 5.11 Å². The van der Waals surface area contributed by atoms with Crippen LogP contribution in [0.1, 0.15) is 12.0 Å². The Kier molecular flexibility index (Phi) is 6.36.